The zero-order valence-corrected chi connectivity index (χ0v) is 14.7. The number of carbonyl (C=O) groups is 1. The van der Waals surface area contributed by atoms with E-state index < -0.39 is 0 Å². The van der Waals surface area contributed by atoms with E-state index in [4.69, 9.17) is 4.63 Å². The van der Waals surface area contributed by atoms with Gasteiger partial charge in [0.2, 0.25) is 5.82 Å². The van der Waals surface area contributed by atoms with Gasteiger partial charge in [-0.15, -0.1) is 0 Å². The molecule has 0 saturated heterocycles. The van der Waals surface area contributed by atoms with Crippen LogP contribution in [0.4, 0.5) is 5.82 Å². The highest BCUT2D eigenvalue weighted by Crippen LogP contribution is 2.27. The quantitative estimate of drug-likeness (QED) is 0.570. The van der Waals surface area contributed by atoms with Crippen molar-refractivity contribution in [2.45, 2.75) is 0 Å². The molecule has 0 fully saturated rings. The van der Waals surface area contributed by atoms with E-state index in [0.29, 0.717) is 21.6 Å². The summed E-state index contributed by atoms with van der Waals surface area (Å²) in [6.45, 7) is 0. The van der Waals surface area contributed by atoms with Crippen molar-refractivity contribution >= 4 is 38.7 Å². The summed E-state index contributed by atoms with van der Waals surface area (Å²) >= 11 is 3.36. The fourth-order valence-corrected chi connectivity index (χ4v) is 3.06. The molecule has 0 atom stereocenters. The number of para-hydroxylation sites is 2. The molecular formula is C17H12BrN5O2. The minimum absolute atomic E-state index is 0.221. The molecular weight excluding hydrogens is 386 g/mol. The van der Waals surface area contributed by atoms with Gasteiger partial charge in [0.15, 0.2) is 11.5 Å². The third kappa shape index (κ3) is 2.70. The van der Waals surface area contributed by atoms with Crippen LogP contribution in [0.2, 0.25) is 0 Å². The lowest BCUT2D eigenvalue weighted by Gasteiger charge is -2.05. The van der Waals surface area contributed by atoms with Gasteiger partial charge in [-0.3, -0.25) is 4.79 Å². The van der Waals surface area contributed by atoms with Crippen LogP contribution in [0, 0.1) is 0 Å². The number of aryl methyl sites for hydroxylation is 1. The van der Waals surface area contributed by atoms with Crippen molar-refractivity contribution in [3.63, 3.8) is 0 Å². The molecule has 4 rings (SSSR count). The molecule has 124 valence electrons. The van der Waals surface area contributed by atoms with Gasteiger partial charge in [-0.05, 0) is 50.5 Å². The Morgan fingerprint density at radius 1 is 1.12 bits per heavy atom. The number of nitrogens with one attached hydrogen (secondary N) is 1. The number of hydrogen-bond acceptors (Lipinski definition) is 5. The summed E-state index contributed by atoms with van der Waals surface area (Å²) in [6.07, 6.45) is 0. The lowest BCUT2D eigenvalue weighted by Crippen LogP contribution is -2.13. The van der Waals surface area contributed by atoms with Crippen LogP contribution in [0.3, 0.4) is 0 Å². The summed E-state index contributed by atoms with van der Waals surface area (Å²) in [5, 5.41) is 10.5. The van der Waals surface area contributed by atoms with Crippen molar-refractivity contribution in [3.05, 3.63) is 58.6 Å². The van der Waals surface area contributed by atoms with Gasteiger partial charge < -0.3 is 9.88 Å². The zero-order valence-electron chi connectivity index (χ0n) is 13.1. The summed E-state index contributed by atoms with van der Waals surface area (Å²) in [5.74, 6) is 0.465. The topological polar surface area (TPSA) is 85.8 Å². The minimum atomic E-state index is -0.316. The molecule has 4 aromatic rings. The summed E-state index contributed by atoms with van der Waals surface area (Å²) in [7, 11) is 1.87. The fraction of sp³-hybridized carbons (Fsp3) is 0.0588. The van der Waals surface area contributed by atoms with Crippen molar-refractivity contribution in [2.24, 2.45) is 7.05 Å². The van der Waals surface area contributed by atoms with E-state index in [0.717, 1.165) is 11.0 Å². The molecule has 2 aromatic carbocycles. The predicted octanol–water partition coefficient (Wildman–Crippen LogP) is 3.64. The fourth-order valence-electron chi connectivity index (χ4n) is 2.59. The van der Waals surface area contributed by atoms with E-state index in [9.17, 15) is 4.79 Å². The van der Waals surface area contributed by atoms with Crippen LogP contribution < -0.4 is 5.32 Å². The molecule has 7 nitrogen and oxygen atoms in total. The Hall–Kier alpha value is -3.00. The van der Waals surface area contributed by atoms with Crippen LogP contribution in [0.15, 0.2) is 57.6 Å². The SMILES string of the molecule is Cn1c(-c2nonc2NC(=O)c2ccccc2Br)nc2ccccc21. The Morgan fingerprint density at radius 3 is 2.68 bits per heavy atom. The molecule has 0 bridgehead atoms. The van der Waals surface area contributed by atoms with Crippen LogP contribution >= 0.6 is 15.9 Å². The predicted molar refractivity (Wildman–Crippen MR) is 96.1 cm³/mol. The lowest BCUT2D eigenvalue weighted by atomic mass is 10.2. The van der Waals surface area contributed by atoms with Crippen molar-refractivity contribution in [1.82, 2.24) is 19.9 Å². The summed E-state index contributed by atoms with van der Waals surface area (Å²) < 4.78 is 7.40. The number of fused-ring (bicyclic) bond motifs is 1. The first-order valence-electron chi connectivity index (χ1n) is 7.45. The van der Waals surface area contributed by atoms with Gasteiger partial charge in [0.1, 0.15) is 0 Å². The summed E-state index contributed by atoms with van der Waals surface area (Å²) in [4.78, 5) is 17.0. The molecule has 0 unspecified atom stereocenters. The third-order valence-electron chi connectivity index (χ3n) is 3.84. The van der Waals surface area contributed by atoms with Crippen molar-refractivity contribution in [1.29, 1.82) is 0 Å². The monoisotopic (exact) mass is 397 g/mol. The molecule has 8 heteroatoms. The summed E-state index contributed by atoms with van der Waals surface area (Å²) in [5.41, 5.74) is 2.63. The van der Waals surface area contributed by atoms with Gasteiger partial charge in [-0.1, -0.05) is 24.3 Å². The van der Waals surface area contributed by atoms with Gasteiger partial charge >= 0.3 is 0 Å². The van der Waals surface area contributed by atoms with Gasteiger partial charge in [0.05, 0.1) is 16.6 Å². The largest absolute Gasteiger partial charge is 0.326 e. The zero-order chi connectivity index (χ0) is 17.4. The molecule has 0 saturated carbocycles. The summed E-state index contributed by atoms with van der Waals surface area (Å²) in [6, 6.07) is 14.8. The van der Waals surface area contributed by atoms with E-state index in [-0.39, 0.29) is 11.7 Å². The van der Waals surface area contributed by atoms with Crippen molar-refractivity contribution < 1.29 is 9.42 Å². The maximum atomic E-state index is 12.5. The van der Waals surface area contributed by atoms with Crippen LogP contribution in [-0.2, 0) is 7.05 Å². The Kier molecular flexibility index (Phi) is 3.81. The van der Waals surface area contributed by atoms with Crippen LogP contribution in [0.5, 0.6) is 0 Å². The molecule has 2 aromatic heterocycles. The highest BCUT2D eigenvalue weighted by Gasteiger charge is 2.21. The Labute approximate surface area is 150 Å². The second kappa shape index (κ2) is 6.14. The number of aromatic nitrogens is 4. The molecule has 0 aliphatic rings. The highest BCUT2D eigenvalue weighted by atomic mass is 79.9. The number of halogens is 1. The Balaban J connectivity index is 1.72. The average Bonchev–Trinajstić information content (AvgIpc) is 3.20. The first kappa shape index (κ1) is 15.5. The normalized spacial score (nSPS) is 11.0. The number of nitrogens with zero attached hydrogens (tertiary/aromatic N) is 4. The lowest BCUT2D eigenvalue weighted by molar-refractivity contribution is 0.102. The van der Waals surface area contributed by atoms with Gasteiger partial charge in [0.25, 0.3) is 5.91 Å². The standard InChI is InChI=1S/C17H12BrN5O2/c1-23-13-9-5-4-8-12(13)19-16(23)14-15(22-25-21-14)20-17(24)10-6-2-3-7-11(10)18/h2-9H,1H3,(H,20,22,24). The van der Waals surface area contributed by atoms with Crippen molar-refractivity contribution in [3.8, 4) is 11.5 Å². The second-order valence-electron chi connectivity index (χ2n) is 5.38. The number of amides is 1. The third-order valence-corrected chi connectivity index (χ3v) is 4.53. The number of rotatable bonds is 3. The van der Waals surface area contributed by atoms with E-state index in [2.05, 4.69) is 36.5 Å². The number of hydrogen-bond donors (Lipinski definition) is 1. The van der Waals surface area contributed by atoms with E-state index in [1.807, 2.05) is 41.9 Å². The Bertz CT molecular complexity index is 1090. The van der Waals surface area contributed by atoms with Gasteiger partial charge in [-0.25, -0.2) is 9.61 Å². The highest BCUT2D eigenvalue weighted by molar-refractivity contribution is 9.10. The maximum Gasteiger partial charge on any atom is 0.258 e. The number of carbonyl (C=O) groups excluding carboxylic acids is 1. The van der Waals surface area contributed by atoms with Gasteiger partial charge in [0, 0.05) is 11.5 Å². The van der Waals surface area contributed by atoms with Crippen LogP contribution in [-0.4, -0.2) is 25.8 Å². The Morgan fingerprint density at radius 2 is 1.88 bits per heavy atom. The minimum Gasteiger partial charge on any atom is -0.326 e. The second-order valence-corrected chi connectivity index (χ2v) is 6.23. The molecule has 25 heavy (non-hydrogen) atoms. The smallest absolute Gasteiger partial charge is 0.258 e. The van der Waals surface area contributed by atoms with E-state index in [1.54, 1.807) is 18.2 Å². The molecule has 0 radical (unpaired) electrons. The van der Waals surface area contributed by atoms with Gasteiger partial charge in [-0.2, -0.15) is 0 Å². The van der Waals surface area contributed by atoms with E-state index >= 15 is 0 Å². The number of benzene rings is 2. The molecule has 0 aliphatic carbocycles. The molecule has 0 aliphatic heterocycles. The average molecular weight is 398 g/mol. The molecule has 1 N–H and O–H groups in total. The molecule has 2 heterocycles. The number of imidazole rings is 1. The van der Waals surface area contributed by atoms with Crippen LogP contribution in [0.1, 0.15) is 10.4 Å². The maximum absolute atomic E-state index is 12.5. The molecule has 0 spiro atoms. The van der Waals surface area contributed by atoms with Crippen molar-refractivity contribution in [2.75, 3.05) is 5.32 Å². The van der Waals surface area contributed by atoms with E-state index in [1.165, 1.54) is 0 Å². The number of anilines is 1. The first-order chi connectivity index (χ1) is 12.1. The molecule has 1 amide bonds. The first-order valence-corrected chi connectivity index (χ1v) is 8.24. The van der Waals surface area contributed by atoms with Crippen LogP contribution in [0.25, 0.3) is 22.6 Å².